The molecule has 3 rings (SSSR count). The van der Waals surface area contributed by atoms with Crippen molar-refractivity contribution in [3.8, 4) is 0 Å². The monoisotopic (exact) mass is 356 g/mol. The maximum Gasteiger partial charge on any atom is 0.227 e. The third kappa shape index (κ3) is 5.33. The van der Waals surface area contributed by atoms with Gasteiger partial charge in [-0.1, -0.05) is 37.8 Å². The van der Waals surface area contributed by atoms with Gasteiger partial charge in [-0.05, 0) is 63.1 Å². The summed E-state index contributed by atoms with van der Waals surface area (Å²) in [5.41, 5.74) is 2.00. The van der Waals surface area contributed by atoms with Gasteiger partial charge in [-0.2, -0.15) is 0 Å². The molecule has 2 amide bonds. The first-order valence-electron chi connectivity index (χ1n) is 10.3. The maximum absolute atomic E-state index is 12.6. The zero-order chi connectivity index (χ0) is 18.4. The summed E-state index contributed by atoms with van der Waals surface area (Å²) in [6.07, 6.45) is 10.6. The smallest absolute Gasteiger partial charge is 0.227 e. The summed E-state index contributed by atoms with van der Waals surface area (Å²) in [7, 11) is 0. The van der Waals surface area contributed by atoms with Crippen LogP contribution < -0.4 is 10.6 Å². The molecule has 0 atom stereocenters. The molecule has 1 aromatic carbocycles. The summed E-state index contributed by atoms with van der Waals surface area (Å²) in [6.45, 7) is 2.02. The Balaban J connectivity index is 1.44. The van der Waals surface area contributed by atoms with E-state index in [0.717, 1.165) is 49.8 Å². The number of anilines is 1. The molecule has 2 N–H and O–H groups in total. The summed E-state index contributed by atoms with van der Waals surface area (Å²) >= 11 is 0. The van der Waals surface area contributed by atoms with Gasteiger partial charge in [0.1, 0.15) is 0 Å². The summed E-state index contributed by atoms with van der Waals surface area (Å²) in [4.78, 5) is 25.1. The molecule has 2 saturated carbocycles. The second kappa shape index (κ2) is 9.20. The number of hydrogen-bond acceptors (Lipinski definition) is 2. The Labute approximate surface area is 157 Å². The van der Waals surface area contributed by atoms with Crippen molar-refractivity contribution in [3.05, 3.63) is 29.8 Å². The summed E-state index contributed by atoms with van der Waals surface area (Å²) in [5, 5.41) is 6.31. The fourth-order valence-corrected chi connectivity index (χ4v) is 4.33. The Morgan fingerprint density at radius 3 is 2.08 bits per heavy atom. The van der Waals surface area contributed by atoms with Crippen LogP contribution in [0.4, 0.5) is 5.69 Å². The lowest BCUT2D eigenvalue weighted by Crippen LogP contribution is -2.40. The molecule has 26 heavy (non-hydrogen) atoms. The molecule has 1 aromatic rings. The number of amides is 2. The van der Waals surface area contributed by atoms with Gasteiger partial charge in [-0.3, -0.25) is 9.59 Å². The molecule has 0 bridgehead atoms. The van der Waals surface area contributed by atoms with Gasteiger partial charge in [0, 0.05) is 23.6 Å². The lowest BCUT2D eigenvalue weighted by molar-refractivity contribution is -0.129. The van der Waals surface area contributed by atoms with Crippen molar-refractivity contribution in [1.82, 2.24) is 5.32 Å². The quantitative estimate of drug-likeness (QED) is 0.776. The second-order valence-electron chi connectivity index (χ2n) is 8.10. The van der Waals surface area contributed by atoms with Gasteiger partial charge >= 0.3 is 0 Å². The highest BCUT2D eigenvalue weighted by Gasteiger charge is 2.30. The molecule has 0 spiro atoms. The van der Waals surface area contributed by atoms with Crippen LogP contribution in [0, 0.1) is 18.8 Å². The zero-order valence-corrected chi connectivity index (χ0v) is 15.9. The van der Waals surface area contributed by atoms with Crippen LogP contribution in [0.5, 0.6) is 0 Å². The van der Waals surface area contributed by atoms with Crippen molar-refractivity contribution >= 4 is 17.5 Å². The molecule has 2 aliphatic rings. The Kier molecular flexibility index (Phi) is 6.70. The average molecular weight is 357 g/mol. The Morgan fingerprint density at radius 1 is 0.846 bits per heavy atom. The van der Waals surface area contributed by atoms with Gasteiger partial charge in [-0.15, -0.1) is 0 Å². The molecule has 0 heterocycles. The third-order valence-corrected chi connectivity index (χ3v) is 5.96. The van der Waals surface area contributed by atoms with Crippen LogP contribution >= 0.6 is 0 Å². The maximum atomic E-state index is 12.6. The minimum Gasteiger partial charge on any atom is -0.353 e. The van der Waals surface area contributed by atoms with E-state index in [1.165, 1.54) is 25.7 Å². The molecule has 0 radical (unpaired) electrons. The van der Waals surface area contributed by atoms with Gasteiger partial charge in [0.15, 0.2) is 0 Å². The largest absolute Gasteiger partial charge is 0.353 e. The first kappa shape index (κ1) is 18.9. The van der Waals surface area contributed by atoms with Crippen LogP contribution in [0.15, 0.2) is 24.3 Å². The Morgan fingerprint density at radius 2 is 1.46 bits per heavy atom. The van der Waals surface area contributed by atoms with E-state index < -0.39 is 0 Å². The van der Waals surface area contributed by atoms with Crippen LogP contribution in [0.3, 0.4) is 0 Å². The van der Waals surface area contributed by atoms with E-state index in [9.17, 15) is 9.59 Å². The fourth-order valence-electron chi connectivity index (χ4n) is 4.33. The van der Waals surface area contributed by atoms with Crippen molar-refractivity contribution in [2.45, 2.75) is 77.2 Å². The van der Waals surface area contributed by atoms with E-state index in [-0.39, 0.29) is 23.7 Å². The molecule has 142 valence electrons. The number of carbonyl (C=O) groups excluding carboxylic acids is 2. The van der Waals surface area contributed by atoms with Gasteiger partial charge in [-0.25, -0.2) is 0 Å². The predicted octanol–water partition coefficient (Wildman–Crippen LogP) is 4.58. The standard InChI is InChI=1S/C22H32N2O2/c1-16-7-6-10-20(15-16)24-22(26)18-13-11-17(12-14-18)21(25)23-19-8-4-2-3-5-9-19/h6-7,10,15,17-19H,2-5,8-9,11-14H2,1H3,(H,23,25)(H,24,26). The molecule has 4 nitrogen and oxygen atoms in total. The topological polar surface area (TPSA) is 58.2 Å². The van der Waals surface area contributed by atoms with E-state index in [4.69, 9.17) is 0 Å². The van der Waals surface area contributed by atoms with E-state index in [1.54, 1.807) is 0 Å². The van der Waals surface area contributed by atoms with Crippen LogP contribution in [0.2, 0.25) is 0 Å². The van der Waals surface area contributed by atoms with Crippen molar-refractivity contribution in [3.63, 3.8) is 0 Å². The summed E-state index contributed by atoms with van der Waals surface area (Å²) in [6, 6.07) is 8.26. The van der Waals surface area contributed by atoms with Gasteiger partial charge < -0.3 is 10.6 Å². The molecule has 0 saturated heterocycles. The minimum absolute atomic E-state index is 0.0254. The molecule has 4 heteroatoms. The highest BCUT2D eigenvalue weighted by molar-refractivity contribution is 5.92. The van der Waals surface area contributed by atoms with E-state index in [0.29, 0.717) is 6.04 Å². The fraction of sp³-hybridized carbons (Fsp3) is 0.636. The first-order chi connectivity index (χ1) is 12.6. The molecule has 0 aliphatic heterocycles. The van der Waals surface area contributed by atoms with Crippen LogP contribution in [0.1, 0.15) is 69.8 Å². The Bertz CT molecular complexity index is 612. The normalized spacial score (nSPS) is 24.5. The minimum atomic E-state index is 0.0254. The first-order valence-corrected chi connectivity index (χ1v) is 10.3. The van der Waals surface area contributed by atoms with E-state index in [1.807, 2.05) is 31.2 Å². The van der Waals surface area contributed by atoms with Crippen molar-refractivity contribution in [1.29, 1.82) is 0 Å². The van der Waals surface area contributed by atoms with Crippen LogP contribution in [0.25, 0.3) is 0 Å². The number of carbonyl (C=O) groups is 2. The average Bonchev–Trinajstić information content (AvgIpc) is 2.90. The molecule has 2 fully saturated rings. The van der Waals surface area contributed by atoms with Crippen LogP contribution in [-0.2, 0) is 9.59 Å². The van der Waals surface area contributed by atoms with E-state index >= 15 is 0 Å². The van der Waals surface area contributed by atoms with Crippen molar-refractivity contribution in [2.75, 3.05) is 5.32 Å². The molecule has 0 unspecified atom stereocenters. The van der Waals surface area contributed by atoms with Crippen LogP contribution in [-0.4, -0.2) is 17.9 Å². The number of aryl methyl sites for hydroxylation is 1. The van der Waals surface area contributed by atoms with Gasteiger partial charge in [0.2, 0.25) is 11.8 Å². The summed E-state index contributed by atoms with van der Waals surface area (Å²) in [5.74, 6) is 0.423. The molecular formula is C22H32N2O2. The highest BCUT2D eigenvalue weighted by Crippen LogP contribution is 2.30. The third-order valence-electron chi connectivity index (χ3n) is 5.96. The Hall–Kier alpha value is -1.84. The molecule has 2 aliphatic carbocycles. The van der Waals surface area contributed by atoms with E-state index in [2.05, 4.69) is 10.6 Å². The molecule has 0 aromatic heterocycles. The lowest BCUT2D eigenvalue weighted by atomic mass is 9.81. The van der Waals surface area contributed by atoms with Gasteiger partial charge in [0.05, 0.1) is 0 Å². The number of rotatable bonds is 4. The predicted molar refractivity (Wildman–Crippen MR) is 105 cm³/mol. The highest BCUT2D eigenvalue weighted by atomic mass is 16.2. The number of nitrogens with one attached hydrogen (secondary N) is 2. The second-order valence-corrected chi connectivity index (χ2v) is 8.10. The van der Waals surface area contributed by atoms with Gasteiger partial charge in [0.25, 0.3) is 0 Å². The SMILES string of the molecule is Cc1cccc(NC(=O)C2CCC(C(=O)NC3CCCCCC3)CC2)c1. The number of hydrogen-bond donors (Lipinski definition) is 2. The lowest BCUT2D eigenvalue weighted by Gasteiger charge is -2.28. The number of benzene rings is 1. The van der Waals surface area contributed by atoms with Crippen molar-refractivity contribution < 1.29 is 9.59 Å². The summed E-state index contributed by atoms with van der Waals surface area (Å²) < 4.78 is 0. The molecular weight excluding hydrogens is 324 g/mol. The van der Waals surface area contributed by atoms with Crippen molar-refractivity contribution in [2.24, 2.45) is 11.8 Å². The zero-order valence-electron chi connectivity index (χ0n) is 15.9.